The van der Waals surface area contributed by atoms with Gasteiger partial charge in [-0.3, -0.25) is 4.79 Å². The number of aliphatic carboxylic acids is 1. The van der Waals surface area contributed by atoms with Crippen molar-refractivity contribution in [1.29, 1.82) is 0 Å². The zero-order valence-electron chi connectivity index (χ0n) is 13.9. The number of rotatable bonds is 4. The fourth-order valence-corrected chi connectivity index (χ4v) is 2.99. The first-order chi connectivity index (χ1) is 12.8. The van der Waals surface area contributed by atoms with Gasteiger partial charge >= 0.3 is 18.2 Å². The smallest absolute Gasteiger partial charge is 0.394 e. The van der Waals surface area contributed by atoms with Crippen molar-refractivity contribution in [1.82, 2.24) is 25.0 Å². The second-order valence-corrected chi connectivity index (χ2v) is 6.08. The van der Waals surface area contributed by atoms with E-state index in [0.29, 0.717) is 11.5 Å². The third kappa shape index (κ3) is 4.01. The fourth-order valence-electron chi connectivity index (χ4n) is 2.99. The molecule has 11 heteroatoms. The Kier molecular flexibility index (Phi) is 5.02. The lowest BCUT2D eigenvalue weighted by molar-refractivity contribution is -0.187. The highest BCUT2D eigenvalue weighted by molar-refractivity contribution is 5.77. The number of hydrogen-bond acceptors (Lipinski definition) is 4. The monoisotopic (exact) mass is 383 g/mol. The number of halogens is 3. The molecule has 0 bridgehead atoms. The summed E-state index contributed by atoms with van der Waals surface area (Å²) in [5.74, 6) is -4.95. The molecule has 144 valence electrons. The second kappa shape index (κ2) is 7.25. The third-order valence-corrected chi connectivity index (χ3v) is 4.36. The molecule has 1 aliphatic heterocycles. The average molecular weight is 383 g/mol. The molecule has 1 fully saturated rings. The minimum absolute atomic E-state index is 0.0708. The SMILES string of the molecule is O=C(O)[C@@H]1CN(C(=O)NCc2ncnn2-c2ccccc2)C[C@H]1C(F)(F)F. The molecule has 0 saturated carbocycles. The average Bonchev–Trinajstić information content (AvgIpc) is 3.27. The molecule has 2 atom stereocenters. The summed E-state index contributed by atoms with van der Waals surface area (Å²) in [6, 6.07) is 8.21. The number of carbonyl (C=O) groups excluding carboxylic acids is 1. The minimum Gasteiger partial charge on any atom is -0.481 e. The van der Waals surface area contributed by atoms with Crippen molar-refractivity contribution in [2.24, 2.45) is 11.8 Å². The molecule has 1 aliphatic rings. The van der Waals surface area contributed by atoms with Gasteiger partial charge in [0.05, 0.1) is 24.1 Å². The van der Waals surface area contributed by atoms with E-state index < -0.39 is 43.1 Å². The van der Waals surface area contributed by atoms with Crippen LogP contribution in [-0.2, 0) is 11.3 Å². The molecule has 0 unspecified atom stereocenters. The minimum atomic E-state index is -4.69. The number of amides is 2. The summed E-state index contributed by atoms with van der Waals surface area (Å²) in [5.41, 5.74) is 0.712. The first-order valence-electron chi connectivity index (χ1n) is 8.04. The number of carboxylic acids is 1. The van der Waals surface area contributed by atoms with Gasteiger partial charge in [-0.25, -0.2) is 14.5 Å². The number of likely N-dealkylation sites (tertiary alicyclic amines) is 1. The van der Waals surface area contributed by atoms with Gasteiger partial charge < -0.3 is 15.3 Å². The Bertz CT molecular complexity index is 824. The highest BCUT2D eigenvalue weighted by Crippen LogP contribution is 2.37. The number of para-hydroxylation sites is 1. The summed E-state index contributed by atoms with van der Waals surface area (Å²) in [5, 5.41) is 15.5. The predicted molar refractivity (Wildman–Crippen MR) is 85.8 cm³/mol. The number of urea groups is 1. The highest BCUT2D eigenvalue weighted by atomic mass is 19.4. The van der Waals surface area contributed by atoms with Crippen LogP contribution in [0.5, 0.6) is 0 Å². The summed E-state index contributed by atoms with van der Waals surface area (Å²) < 4.78 is 40.5. The number of benzene rings is 1. The molecule has 3 rings (SSSR count). The Hall–Kier alpha value is -3.11. The topological polar surface area (TPSA) is 100 Å². The quantitative estimate of drug-likeness (QED) is 0.837. The van der Waals surface area contributed by atoms with E-state index in [-0.39, 0.29) is 6.54 Å². The molecule has 27 heavy (non-hydrogen) atoms. The van der Waals surface area contributed by atoms with E-state index in [0.717, 1.165) is 4.90 Å². The van der Waals surface area contributed by atoms with Gasteiger partial charge in [0.2, 0.25) is 0 Å². The van der Waals surface area contributed by atoms with Crippen LogP contribution in [0, 0.1) is 11.8 Å². The Labute approximate surface area is 151 Å². The second-order valence-electron chi connectivity index (χ2n) is 6.08. The highest BCUT2D eigenvalue weighted by Gasteiger charge is 2.53. The van der Waals surface area contributed by atoms with Crippen LogP contribution < -0.4 is 5.32 Å². The van der Waals surface area contributed by atoms with Gasteiger partial charge in [0.25, 0.3) is 0 Å². The van der Waals surface area contributed by atoms with Crippen molar-refractivity contribution in [3.63, 3.8) is 0 Å². The molecule has 0 spiro atoms. The lowest BCUT2D eigenvalue weighted by Gasteiger charge is -2.18. The maximum Gasteiger partial charge on any atom is 0.394 e. The molecule has 2 aromatic rings. The van der Waals surface area contributed by atoms with Gasteiger partial charge in [-0.1, -0.05) is 18.2 Å². The Morgan fingerprint density at radius 2 is 1.93 bits per heavy atom. The summed E-state index contributed by atoms with van der Waals surface area (Å²) in [7, 11) is 0. The van der Waals surface area contributed by atoms with E-state index in [4.69, 9.17) is 5.11 Å². The maximum absolute atomic E-state index is 13.0. The van der Waals surface area contributed by atoms with Crippen LogP contribution in [0.4, 0.5) is 18.0 Å². The molecule has 8 nitrogen and oxygen atoms in total. The number of nitrogens with one attached hydrogen (secondary N) is 1. The molecule has 2 amide bonds. The standard InChI is InChI=1S/C16H16F3N5O3/c17-16(18,19)12-8-23(7-11(12)14(25)26)15(27)20-6-13-21-9-22-24(13)10-4-2-1-3-5-10/h1-5,9,11-12H,6-8H2,(H,20,27)(H,25,26)/t11-,12-/m1/s1. The lowest BCUT2D eigenvalue weighted by atomic mass is 9.96. The van der Waals surface area contributed by atoms with Gasteiger partial charge in [-0.05, 0) is 12.1 Å². The summed E-state index contributed by atoms with van der Waals surface area (Å²) in [6.45, 7) is -1.27. The van der Waals surface area contributed by atoms with Gasteiger partial charge in [0, 0.05) is 13.1 Å². The lowest BCUT2D eigenvalue weighted by Crippen LogP contribution is -2.39. The van der Waals surface area contributed by atoms with Crippen molar-refractivity contribution >= 4 is 12.0 Å². The third-order valence-electron chi connectivity index (χ3n) is 4.36. The number of nitrogens with zero attached hydrogens (tertiary/aromatic N) is 4. The number of carboxylic acid groups (broad SMARTS) is 1. The van der Waals surface area contributed by atoms with Gasteiger partial charge in [0.15, 0.2) is 5.82 Å². The van der Waals surface area contributed by atoms with E-state index in [1.54, 1.807) is 24.3 Å². The van der Waals surface area contributed by atoms with Gasteiger partial charge in [0.1, 0.15) is 6.33 Å². The van der Waals surface area contributed by atoms with Crippen molar-refractivity contribution in [3.8, 4) is 5.69 Å². The van der Waals surface area contributed by atoms with Crippen LogP contribution in [0.2, 0.25) is 0 Å². The normalized spacial score (nSPS) is 19.9. The Morgan fingerprint density at radius 1 is 1.22 bits per heavy atom. The number of hydrogen-bond donors (Lipinski definition) is 2. The summed E-state index contributed by atoms with van der Waals surface area (Å²) in [6.07, 6.45) is -3.39. The molecular weight excluding hydrogens is 367 g/mol. The van der Waals surface area contributed by atoms with Crippen LogP contribution in [0.1, 0.15) is 5.82 Å². The molecule has 2 N–H and O–H groups in total. The molecular formula is C16H16F3N5O3. The zero-order chi connectivity index (χ0) is 19.6. The molecule has 2 heterocycles. The molecule has 0 radical (unpaired) electrons. The van der Waals surface area contributed by atoms with E-state index in [9.17, 15) is 22.8 Å². The number of aromatic nitrogens is 3. The Morgan fingerprint density at radius 3 is 2.52 bits per heavy atom. The van der Waals surface area contributed by atoms with Gasteiger partial charge in [-0.15, -0.1) is 0 Å². The van der Waals surface area contributed by atoms with E-state index in [1.165, 1.54) is 11.0 Å². The van der Waals surface area contributed by atoms with Crippen LogP contribution in [0.3, 0.4) is 0 Å². The van der Waals surface area contributed by atoms with Crippen molar-refractivity contribution in [2.45, 2.75) is 12.7 Å². The molecule has 1 aromatic heterocycles. The number of alkyl halides is 3. The zero-order valence-corrected chi connectivity index (χ0v) is 13.9. The van der Waals surface area contributed by atoms with Crippen molar-refractivity contribution in [2.75, 3.05) is 13.1 Å². The number of carbonyl (C=O) groups is 2. The molecule has 1 aromatic carbocycles. The summed E-state index contributed by atoms with van der Waals surface area (Å²) >= 11 is 0. The van der Waals surface area contributed by atoms with Crippen molar-refractivity contribution in [3.05, 3.63) is 42.5 Å². The molecule has 1 saturated heterocycles. The van der Waals surface area contributed by atoms with E-state index >= 15 is 0 Å². The predicted octanol–water partition coefficient (Wildman–Crippen LogP) is 1.67. The summed E-state index contributed by atoms with van der Waals surface area (Å²) in [4.78, 5) is 28.2. The largest absolute Gasteiger partial charge is 0.481 e. The van der Waals surface area contributed by atoms with E-state index in [1.807, 2.05) is 6.07 Å². The fraction of sp³-hybridized carbons (Fsp3) is 0.375. The van der Waals surface area contributed by atoms with Crippen molar-refractivity contribution < 1.29 is 27.9 Å². The maximum atomic E-state index is 13.0. The van der Waals surface area contributed by atoms with Gasteiger partial charge in [-0.2, -0.15) is 18.3 Å². The van der Waals surface area contributed by atoms with E-state index in [2.05, 4.69) is 15.4 Å². The first-order valence-corrected chi connectivity index (χ1v) is 8.04. The molecule has 0 aliphatic carbocycles. The van der Waals surface area contributed by atoms with Crippen LogP contribution >= 0.6 is 0 Å². The Balaban J connectivity index is 1.66. The van der Waals surface area contributed by atoms with Crippen LogP contribution in [-0.4, -0.2) is 56.0 Å². The van der Waals surface area contributed by atoms with Crippen LogP contribution in [0.15, 0.2) is 36.7 Å². The first kappa shape index (κ1) is 18.7. The van der Waals surface area contributed by atoms with Crippen LogP contribution in [0.25, 0.3) is 5.69 Å².